The molecule has 1 aliphatic heterocycles. The van der Waals surface area contributed by atoms with Gasteiger partial charge < -0.3 is 9.31 Å². The zero-order valence-electron chi connectivity index (χ0n) is 13.0. The van der Waals surface area contributed by atoms with Crippen LogP contribution in [0.2, 0.25) is 0 Å². The van der Waals surface area contributed by atoms with E-state index in [1.807, 2.05) is 27.7 Å². The molecule has 2 heterocycles. The molecule has 1 aromatic heterocycles. The van der Waals surface area contributed by atoms with Gasteiger partial charge in [-0.1, -0.05) is 13.8 Å². The van der Waals surface area contributed by atoms with Crippen LogP contribution in [0, 0.1) is 11.3 Å². The highest BCUT2D eigenvalue weighted by Gasteiger charge is 2.52. The quantitative estimate of drug-likeness (QED) is 0.775. The second-order valence-corrected chi connectivity index (χ2v) is 6.55. The van der Waals surface area contributed by atoms with Gasteiger partial charge in [-0.15, -0.1) is 0 Å². The number of rotatable bonds is 2. The third-order valence-electron chi connectivity index (χ3n) is 4.21. The number of hydrogen-bond acceptors (Lipinski definition) is 4. The van der Waals surface area contributed by atoms with Crippen molar-refractivity contribution in [2.24, 2.45) is 0 Å². The summed E-state index contributed by atoms with van der Waals surface area (Å²) in [6, 6.07) is 3.85. The summed E-state index contributed by atoms with van der Waals surface area (Å²) in [5.41, 5.74) is 1.58. The predicted molar refractivity (Wildman–Crippen MR) is 78.8 cm³/mol. The first-order chi connectivity index (χ1) is 9.18. The number of nitrogens with zero attached hydrogens (tertiary/aromatic N) is 2. The lowest BCUT2D eigenvalue weighted by atomic mass is 9.74. The van der Waals surface area contributed by atoms with E-state index in [-0.39, 0.29) is 11.2 Å². The van der Waals surface area contributed by atoms with Crippen molar-refractivity contribution in [1.82, 2.24) is 4.98 Å². The normalized spacial score (nSPS) is 20.2. The Hall–Kier alpha value is -1.38. The fraction of sp³-hybridized carbons (Fsp3) is 0.600. The van der Waals surface area contributed by atoms with Crippen LogP contribution in [0.5, 0.6) is 0 Å². The molecule has 1 aromatic rings. The Balaban J connectivity index is 2.46. The summed E-state index contributed by atoms with van der Waals surface area (Å²) in [7, 11) is -0.451. The third kappa shape index (κ3) is 2.46. The maximum Gasteiger partial charge on any atom is 0.495 e. The fourth-order valence-corrected chi connectivity index (χ4v) is 2.20. The summed E-state index contributed by atoms with van der Waals surface area (Å²) in [6.07, 6.45) is 1.75. The van der Waals surface area contributed by atoms with Crippen molar-refractivity contribution >= 4 is 12.6 Å². The zero-order chi connectivity index (χ0) is 15.1. The minimum atomic E-state index is -0.451. The molecule has 0 bridgehead atoms. The molecule has 0 atom stereocenters. The van der Waals surface area contributed by atoms with Crippen LogP contribution in [0.4, 0.5) is 0 Å². The molecule has 1 fully saturated rings. The van der Waals surface area contributed by atoms with Gasteiger partial charge in [-0.2, -0.15) is 5.26 Å². The molecule has 0 unspecified atom stereocenters. The lowest BCUT2D eigenvalue weighted by Crippen LogP contribution is -2.41. The van der Waals surface area contributed by atoms with E-state index in [9.17, 15) is 0 Å². The molecule has 106 valence electrons. The molecule has 1 aliphatic rings. The van der Waals surface area contributed by atoms with Crippen LogP contribution in [0.25, 0.3) is 0 Å². The van der Waals surface area contributed by atoms with E-state index in [0.717, 1.165) is 11.0 Å². The number of aromatic nitrogens is 1. The summed E-state index contributed by atoms with van der Waals surface area (Å²) in [5, 5.41) is 9.05. The van der Waals surface area contributed by atoms with E-state index in [4.69, 9.17) is 14.6 Å². The molecule has 0 N–H and O–H groups in total. The van der Waals surface area contributed by atoms with E-state index in [0.29, 0.717) is 11.6 Å². The van der Waals surface area contributed by atoms with Crippen molar-refractivity contribution in [1.29, 1.82) is 5.26 Å². The highest BCUT2D eigenvalue weighted by Crippen LogP contribution is 2.37. The Bertz CT molecular complexity index is 545. The maximum atomic E-state index is 9.05. The van der Waals surface area contributed by atoms with Crippen molar-refractivity contribution in [3.8, 4) is 6.07 Å². The summed E-state index contributed by atoms with van der Waals surface area (Å²) in [4.78, 5) is 4.15. The van der Waals surface area contributed by atoms with Crippen LogP contribution in [-0.4, -0.2) is 23.3 Å². The topological polar surface area (TPSA) is 55.1 Å². The second kappa shape index (κ2) is 4.87. The highest BCUT2D eigenvalue weighted by atomic mass is 16.7. The van der Waals surface area contributed by atoms with Gasteiger partial charge in [0.25, 0.3) is 0 Å². The van der Waals surface area contributed by atoms with E-state index < -0.39 is 7.12 Å². The highest BCUT2D eigenvalue weighted by molar-refractivity contribution is 6.62. The van der Waals surface area contributed by atoms with Gasteiger partial charge in [0, 0.05) is 6.20 Å². The van der Waals surface area contributed by atoms with Crippen molar-refractivity contribution in [3.63, 3.8) is 0 Å². The molecular weight excluding hydrogens is 251 g/mol. The van der Waals surface area contributed by atoms with Crippen LogP contribution in [0.1, 0.15) is 58.7 Å². The van der Waals surface area contributed by atoms with Gasteiger partial charge in [-0.25, -0.2) is 4.98 Å². The lowest BCUT2D eigenvalue weighted by Gasteiger charge is -2.32. The van der Waals surface area contributed by atoms with Gasteiger partial charge in [-0.3, -0.25) is 0 Å². The molecule has 4 nitrogen and oxygen atoms in total. The number of nitriles is 1. The minimum absolute atomic E-state index is 0.296. The van der Waals surface area contributed by atoms with Crippen LogP contribution in [-0.2, 0) is 9.31 Å². The van der Waals surface area contributed by atoms with Gasteiger partial charge in [0.2, 0.25) is 0 Å². The fourth-order valence-electron chi connectivity index (χ4n) is 2.20. The van der Waals surface area contributed by atoms with Crippen LogP contribution in [0.3, 0.4) is 0 Å². The first kappa shape index (κ1) is 15.0. The SMILES string of the molecule is CC(C)c1cnc(C#N)cc1B1OC(C)(C)C(C)(C)O1. The molecule has 5 heteroatoms. The van der Waals surface area contributed by atoms with E-state index in [1.54, 1.807) is 12.3 Å². The van der Waals surface area contributed by atoms with Crippen molar-refractivity contribution in [2.45, 2.75) is 58.7 Å². The van der Waals surface area contributed by atoms with Gasteiger partial charge in [0.05, 0.1) is 11.2 Å². The average molecular weight is 272 g/mol. The Morgan fingerprint density at radius 1 is 1.20 bits per heavy atom. The molecule has 0 aromatic carbocycles. The van der Waals surface area contributed by atoms with Crippen LogP contribution in [0.15, 0.2) is 12.3 Å². The third-order valence-corrected chi connectivity index (χ3v) is 4.21. The van der Waals surface area contributed by atoms with E-state index in [1.165, 1.54) is 0 Å². The standard InChI is InChI=1S/C15H21BN2O2/c1-10(2)12-9-18-11(8-17)7-13(12)16-19-14(3,4)15(5,6)20-16/h7,9-10H,1-6H3. The maximum absolute atomic E-state index is 9.05. The van der Waals surface area contributed by atoms with Crippen LogP contribution >= 0.6 is 0 Å². The number of pyridine rings is 1. The van der Waals surface area contributed by atoms with Crippen molar-refractivity contribution in [3.05, 3.63) is 23.5 Å². The summed E-state index contributed by atoms with van der Waals surface area (Å²) >= 11 is 0. The summed E-state index contributed by atoms with van der Waals surface area (Å²) < 4.78 is 12.2. The molecule has 0 saturated carbocycles. The molecule has 0 spiro atoms. The molecule has 20 heavy (non-hydrogen) atoms. The number of hydrogen-bond donors (Lipinski definition) is 0. The molecule has 0 amide bonds. The minimum Gasteiger partial charge on any atom is -0.399 e. The summed E-state index contributed by atoms with van der Waals surface area (Å²) in [6.45, 7) is 12.3. The molecule has 0 aliphatic carbocycles. The smallest absolute Gasteiger partial charge is 0.399 e. The Morgan fingerprint density at radius 3 is 2.20 bits per heavy atom. The first-order valence-corrected chi connectivity index (χ1v) is 6.93. The molecule has 2 rings (SSSR count). The van der Waals surface area contributed by atoms with Crippen LogP contribution < -0.4 is 5.46 Å². The molecular formula is C15H21BN2O2. The van der Waals surface area contributed by atoms with Gasteiger partial charge in [0.1, 0.15) is 11.8 Å². The molecule has 1 saturated heterocycles. The van der Waals surface area contributed by atoms with Gasteiger partial charge >= 0.3 is 7.12 Å². The van der Waals surface area contributed by atoms with E-state index in [2.05, 4.69) is 24.9 Å². The Labute approximate surface area is 121 Å². The van der Waals surface area contributed by atoms with Gasteiger partial charge in [0.15, 0.2) is 0 Å². The summed E-state index contributed by atoms with van der Waals surface area (Å²) in [5.74, 6) is 0.296. The Kier molecular flexibility index (Phi) is 3.66. The largest absolute Gasteiger partial charge is 0.495 e. The van der Waals surface area contributed by atoms with E-state index >= 15 is 0 Å². The zero-order valence-corrected chi connectivity index (χ0v) is 13.0. The average Bonchev–Trinajstić information content (AvgIpc) is 2.57. The van der Waals surface area contributed by atoms with Gasteiger partial charge in [-0.05, 0) is 50.7 Å². The van der Waals surface area contributed by atoms with Crippen molar-refractivity contribution in [2.75, 3.05) is 0 Å². The van der Waals surface area contributed by atoms with Crippen molar-refractivity contribution < 1.29 is 9.31 Å². The monoisotopic (exact) mass is 272 g/mol. The lowest BCUT2D eigenvalue weighted by molar-refractivity contribution is 0.00578. The Morgan fingerprint density at radius 2 is 1.75 bits per heavy atom. The second-order valence-electron chi connectivity index (χ2n) is 6.55. The molecule has 0 radical (unpaired) electrons. The predicted octanol–water partition coefficient (Wildman–Crippen LogP) is 2.38. The first-order valence-electron chi connectivity index (χ1n) is 6.93.